The van der Waals surface area contributed by atoms with Crippen molar-refractivity contribution in [1.82, 2.24) is 0 Å². The average Bonchev–Trinajstić information content (AvgIpc) is 3.64. The number of hydrogen-bond donors (Lipinski definition) is 0. The zero-order valence-electron chi connectivity index (χ0n) is 19.1. The van der Waals surface area contributed by atoms with Crippen LogP contribution in [0.3, 0.4) is 0 Å². The van der Waals surface area contributed by atoms with Gasteiger partial charge in [0.25, 0.3) is 0 Å². The summed E-state index contributed by atoms with van der Waals surface area (Å²) in [5, 5.41) is 0. The van der Waals surface area contributed by atoms with Crippen molar-refractivity contribution in [2.75, 3.05) is 11.5 Å². The molecule has 1 aliphatic heterocycles. The maximum absolute atomic E-state index is 13.2. The second-order valence-electron chi connectivity index (χ2n) is 9.78. The van der Waals surface area contributed by atoms with E-state index in [1.165, 1.54) is 4.90 Å². The molecule has 0 aromatic heterocycles. The SMILES string of the molecule is CCCCOc1ccc(OC(=O)c2ccc(N3C(=O)[C@@H]4[C@H]5C=C[C@@H]([C@@H]6C[C@H]56)[C@@H]4C3=O)cc2)cc1. The fourth-order valence-corrected chi connectivity index (χ4v) is 6.06. The summed E-state index contributed by atoms with van der Waals surface area (Å²) in [6.07, 6.45) is 7.52. The summed E-state index contributed by atoms with van der Waals surface area (Å²) < 4.78 is 11.1. The zero-order valence-corrected chi connectivity index (χ0v) is 19.1. The van der Waals surface area contributed by atoms with E-state index >= 15 is 0 Å². The second kappa shape index (κ2) is 8.12. The van der Waals surface area contributed by atoms with Gasteiger partial charge in [0.05, 0.1) is 29.7 Å². The van der Waals surface area contributed by atoms with Crippen LogP contribution >= 0.6 is 0 Å². The quantitative estimate of drug-likeness (QED) is 0.199. The molecule has 5 aliphatic rings. The van der Waals surface area contributed by atoms with Crippen LogP contribution in [-0.2, 0) is 9.59 Å². The van der Waals surface area contributed by atoms with Gasteiger partial charge < -0.3 is 9.47 Å². The van der Waals surface area contributed by atoms with Crippen LogP contribution in [-0.4, -0.2) is 24.4 Å². The normalized spacial score (nSPS) is 30.2. The third kappa shape index (κ3) is 3.35. The number of benzene rings is 2. The molecule has 7 rings (SSSR count). The Bertz CT molecular complexity index is 1130. The molecule has 2 aromatic rings. The molecule has 4 aliphatic carbocycles. The molecule has 6 heteroatoms. The van der Waals surface area contributed by atoms with Gasteiger partial charge in [-0.3, -0.25) is 14.5 Å². The van der Waals surface area contributed by atoms with Crippen molar-refractivity contribution in [3.05, 3.63) is 66.2 Å². The number of ether oxygens (including phenoxy) is 2. The Balaban J connectivity index is 1.13. The summed E-state index contributed by atoms with van der Waals surface area (Å²) in [5.74, 6) is 1.53. The first-order valence-corrected chi connectivity index (χ1v) is 12.2. The fourth-order valence-electron chi connectivity index (χ4n) is 6.06. The van der Waals surface area contributed by atoms with Crippen LogP contribution < -0.4 is 14.4 Å². The Morgan fingerprint density at radius 3 is 2.06 bits per heavy atom. The predicted molar refractivity (Wildman–Crippen MR) is 125 cm³/mol. The molecule has 2 saturated carbocycles. The maximum atomic E-state index is 13.2. The van der Waals surface area contributed by atoms with Gasteiger partial charge in [0.2, 0.25) is 11.8 Å². The number of rotatable bonds is 7. The summed E-state index contributed by atoms with van der Waals surface area (Å²) in [5.41, 5.74) is 0.870. The Hall–Kier alpha value is -3.41. The number of imide groups is 1. The minimum Gasteiger partial charge on any atom is -0.494 e. The summed E-state index contributed by atoms with van der Waals surface area (Å²) in [7, 11) is 0. The molecule has 0 spiro atoms. The monoisotopic (exact) mass is 457 g/mol. The third-order valence-electron chi connectivity index (χ3n) is 7.82. The van der Waals surface area contributed by atoms with E-state index in [1.54, 1.807) is 48.5 Å². The van der Waals surface area contributed by atoms with Gasteiger partial charge in [0.15, 0.2) is 0 Å². The summed E-state index contributed by atoms with van der Waals surface area (Å²) in [6.45, 7) is 2.76. The first kappa shape index (κ1) is 21.1. The topological polar surface area (TPSA) is 72.9 Å². The number of amides is 2. The van der Waals surface area contributed by atoms with Crippen molar-refractivity contribution in [1.29, 1.82) is 0 Å². The van der Waals surface area contributed by atoms with Crippen LogP contribution in [0.4, 0.5) is 5.69 Å². The molecule has 2 amide bonds. The molecule has 0 radical (unpaired) electrons. The van der Waals surface area contributed by atoms with Crippen LogP contribution in [0.2, 0.25) is 0 Å². The van der Waals surface area contributed by atoms with Crippen molar-refractivity contribution in [2.45, 2.75) is 26.2 Å². The maximum Gasteiger partial charge on any atom is 0.343 e. The number of carbonyl (C=O) groups is 3. The van der Waals surface area contributed by atoms with Crippen molar-refractivity contribution in [3.8, 4) is 11.5 Å². The molecule has 0 unspecified atom stereocenters. The van der Waals surface area contributed by atoms with E-state index in [2.05, 4.69) is 19.1 Å². The Morgan fingerprint density at radius 1 is 0.882 bits per heavy atom. The molecule has 6 nitrogen and oxygen atoms in total. The number of esters is 1. The van der Waals surface area contributed by atoms with E-state index in [0.29, 0.717) is 35.4 Å². The van der Waals surface area contributed by atoms with Gasteiger partial charge in [-0.05, 0) is 85.0 Å². The molecular formula is C28H27NO5. The van der Waals surface area contributed by atoms with Gasteiger partial charge in [-0.25, -0.2) is 4.79 Å². The van der Waals surface area contributed by atoms with Crippen molar-refractivity contribution in [3.63, 3.8) is 0 Å². The van der Waals surface area contributed by atoms with E-state index in [9.17, 15) is 14.4 Å². The molecular weight excluding hydrogens is 430 g/mol. The third-order valence-corrected chi connectivity index (χ3v) is 7.82. The number of carbonyl (C=O) groups excluding carboxylic acids is 3. The highest BCUT2D eigenvalue weighted by molar-refractivity contribution is 6.22. The molecule has 1 heterocycles. The number of anilines is 1. The highest BCUT2D eigenvalue weighted by Crippen LogP contribution is 2.65. The van der Waals surface area contributed by atoms with E-state index in [1.807, 2.05) is 0 Å². The molecule has 2 bridgehead atoms. The van der Waals surface area contributed by atoms with Gasteiger partial charge in [-0.2, -0.15) is 0 Å². The van der Waals surface area contributed by atoms with E-state index in [-0.39, 0.29) is 35.5 Å². The molecule has 1 saturated heterocycles. The first-order valence-electron chi connectivity index (χ1n) is 12.2. The van der Waals surface area contributed by atoms with Crippen LogP contribution in [0.5, 0.6) is 11.5 Å². The van der Waals surface area contributed by atoms with Gasteiger partial charge in [0.1, 0.15) is 11.5 Å². The van der Waals surface area contributed by atoms with Crippen LogP contribution in [0.25, 0.3) is 0 Å². The van der Waals surface area contributed by atoms with Crippen molar-refractivity contribution < 1.29 is 23.9 Å². The Morgan fingerprint density at radius 2 is 1.47 bits per heavy atom. The van der Waals surface area contributed by atoms with Gasteiger partial charge >= 0.3 is 5.97 Å². The van der Waals surface area contributed by atoms with E-state index in [4.69, 9.17) is 9.47 Å². The van der Waals surface area contributed by atoms with Crippen molar-refractivity contribution in [2.24, 2.45) is 35.5 Å². The number of unbranched alkanes of at least 4 members (excludes halogenated alkanes) is 1. The highest BCUT2D eigenvalue weighted by atomic mass is 16.5. The smallest absolute Gasteiger partial charge is 0.343 e. The lowest BCUT2D eigenvalue weighted by Gasteiger charge is -2.37. The number of allylic oxidation sites excluding steroid dienone is 2. The molecule has 174 valence electrons. The van der Waals surface area contributed by atoms with E-state index in [0.717, 1.165) is 25.0 Å². The minimum atomic E-state index is -0.499. The number of hydrogen-bond acceptors (Lipinski definition) is 5. The summed E-state index contributed by atoms with van der Waals surface area (Å²) in [6, 6.07) is 13.5. The molecule has 6 atom stereocenters. The van der Waals surface area contributed by atoms with Crippen LogP contribution in [0.15, 0.2) is 60.7 Å². The fraction of sp³-hybridized carbons (Fsp3) is 0.393. The lowest BCUT2D eigenvalue weighted by Crippen LogP contribution is -2.40. The average molecular weight is 458 g/mol. The molecule has 2 aromatic carbocycles. The summed E-state index contributed by atoms with van der Waals surface area (Å²) in [4.78, 5) is 40.4. The Kier molecular flexibility index (Phi) is 5.05. The zero-order chi connectivity index (χ0) is 23.4. The second-order valence-corrected chi connectivity index (χ2v) is 9.78. The highest BCUT2D eigenvalue weighted by Gasteiger charge is 2.67. The lowest BCUT2D eigenvalue weighted by atomic mass is 9.63. The lowest BCUT2D eigenvalue weighted by molar-refractivity contribution is -0.124. The van der Waals surface area contributed by atoms with Crippen molar-refractivity contribution >= 4 is 23.5 Å². The largest absolute Gasteiger partial charge is 0.494 e. The van der Waals surface area contributed by atoms with Gasteiger partial charge in [0, 0.05) is 0 Å². The standard InChI is InChI=1S/C28H27NO5/c1-2-3-14-33-18-8-10-19(11-9-18)34-28(32)16-4-6-17(7-5-16)29-26(30)24-20-12-13-21(23-15-22(20)23)25(24)27(29)31/h4-13,20-25H,2-3,14-15H2,1H3/t20-,21-,22-,23+,24-,25+/m0/s1. The van der Waals surface area contributed by atoms with Crippen LogP contribution in [0, 0.1) is 35.5 Å². The number of nitrogens with zero attached hydrogens (tertiary/aromatic N) is 1. The van der Waals surface area contributed by atoms with Crippen LogP contribution in [0.1, 0.15) is 36.5 Å². The summed E-state index contributed by atoms with van der Waals surface area (Å²) >= 11 is 0. The molecule has 34 heavy (non-hydrogen) atoms. The molecule has 3 fully saturated rings. The first-order chi connectivity index (χ1) is 16.6. The minimum absolute atomic E-state index is 0.101. The van der Waals surface area contributed by atoms with Gasteiger partial charge in [-0.1, -0.05) is 25.5 Å². The predicted octanol–water partition coefficient (Wildman–Crippen LogP) is 4.64. The molecule has 0 N–H and O–H groups in total. The van der Waals surface area contributed by atoms with E-state index < -0.39 is 5.97 Å². The van der Waals surface area contributed by atoms with Gasteiger partial charge in [-0.15, -0.1) is 0 Å². The Labute approximate surface area is 198 Å².